The van der Waals surface area contributed by atoms with Gasteiger partial charge in [-0.3, -0.25) is 0 Å². The van der Waals surface area contributed by atoms with Crippen LogP contribution in [0.4, 0.5) is 0 Å². The molecule has 1 unspecified atom stereocenters. The summed E-state index contributed by atoms with van der Waals surface area (Å²) in [6.45, 7) is -0.164. The molecule has 36 valence electrons. The first kappa shape index (κ1) is 5.66. The fraction of sp³-hybridized carbons (Fsp3) is 1.00. The molecule has 0 amide bonds. The van der Waals surface area contributed by atoms with E-state index in [1.807, 2.05) is 21.1 Å². The van der Waals surface area contributed by atoms with Gasteiger partial charge in [0.1, 0.15) is 0 Å². The zero-order chi connectivity index (χ0) is 4.28. The van der Waals surface area contributed by atoms with Crippen molar-refractivity contribution in [1.29, 1.82) is 0 Å². The molecule has 0 saturated heterocycles. The SMILES string of the molecule is OC[CH](O)[Au]. The van der Waals surface area contributed by atoms with Gasteiger partial charge in [-0.05, 0) is 0 Å². The van der Waals surface area contributed by atoms with E-state index in [0.29, 0.717) is 0 Å². The Labute approximate surface area is 42.7 Å². The van der Waals surface area contributed by atoms with Gasteiger partial charge in [0, 0.05) is 0 Å². The van der Waals surface area contributed by atoms with E-state index in [1.165, 1.54) is 0 Å². The third-order valence-corrected chi connectivity index (χ3v) is 0.532. The molecule has 0 bridgehead atoms. The Bertz CT molecular complexity index is 21.6. The summed E-state index contributed by atoms with van der Waals surface area (Å²) < 4.78 is -0.616. The Morgan fingerprint density at radius 3 is 2.00 bits per heavy atom. The predicted octanol–water partition coefficient (Wildman–Crippen LogP) is -1.16. The van der Waals surface area contributed by atoms with Crippen LogP contribution >= 0.6 is 0 Å². The molecule has 0 aromatic carbocycles. The molecule has 1 atom stereocenters. The second kappa shape index (κ2) is 2.87. The van der Waals surface area contributed by atoms with Gasteiger partial charge in [-0.15, -0.1) is 0 Å². The Morgan fingerprint density at radius 1 is 1.80 bits per heavy atom. The van der Waals surface area contributed by atoms with Crippen LogP contribution in [0.25, 0.3) is 0 Å². The topological polar surface area (TPSA) is 40.5 Å². The zero-order valence-corrected chi connectivity index (χ0v) is 4.65. The van der Waals surface area contributed by atoms with Gasteiger partial charge in [0.05, 0.1) is 0 Å². The van der Waals surface area contributed by atoms with Crippen molar-refractivity contribution >= 4 is 0 Å². The third kappa shape index (κ3) is 4.66. The summed E-state index contributed by atoms with van der Waals surface area (Å²) in [6, 6.07) is 0. The number of aliphatic hydroxyl groups excluding tert-OH is 2. The Hall–Kier alpha value is 0.660. The van der Waals surface area contributed by atoms with Crippen LogP contribution in [0.15, 0.2) is 0 Å². The molecule has 0 aromatic rings. The average Bonchev–Trinajstić information content (AvgIpc) is 1.38. The second-order valence-corrected chi connectivity index (χ2v) is 2.01. The average molecular weight is 258 g/mol. The summed E-state index contributed by atoms with van der Waals surface area (Å²) in [5, 5.41) is 16.0. The van der Waals surface area contributed by atoms with Crippen molar-refractivity contribution in [3.8, 4) is 0 Å². The molecule has 0 rings (SSSR count). The molecule has 0 aromatic heterocycles. The van der Waals surface area contributed by atoms with Gasteiger partial charge in [0.2, 0.25) is 0 Å². The molecule has 2 N–H and O–H groups in total. The van der Waals surface area contributed by atoms with Gasteiger partial charge in [-0.1, -0.05) is 0 Å². The van der Waals surface area contributed by atoms with E-state index >= 15 is 0 Å². The summed E-state index contributed by atoms with van der Waals surface area (Å²) in [5.74, 6) is 0. The van der Waals surface area contributed by atoms with E-state index in [1.54, 1.807) is 0 Å². The third-order valence-electron chi connectivity index (χ3n) is 0.137. The van der Waals surface area contributed by atoms with Crippen molar-refractivity contribution in [2.45, 2.75) is 4.32 Å². The molecule has 0 heterocycles. The van der Waals surface area contributed by atoms with Crippen LogP contribution in [-0.2, 0) is 21.1 Å². The molecular formula is C2H5AuO2. The minimum absolute atomic E-state index is 0.164. The number of hydrogen-bond acceptors (Lipinski definition) is 2. The summed E-state index contributed by atoms with van der Waals surface area (Å²) in [5.41, 5.74) is 0. The number of aliphatic hydroxyl groups is 2. The molecule has 0 spiro atoms. The van der Waals surface area contributed by atoms with Crippen LogP contribution in [0.1, 0.15) is 0 Å². The van der Waals surface area contributed by atoms with Gasteiger partial charge in [-0.25, -0.2) is 0 Å². The molecule has 0 aliphatic rings. The molecule has 0 fully saturated rings. The molecule has 0 aliphatic heterocycles. The Balaban J connectivity index is 2.54. The molecule has 0 saturated carbocycles. The Kier molecular flexibility index (Phi) is 3.25. The zero-order valence-electron chi connectivity index (χ0n) is 2.48. The van der Waals surface area contributed by atoms with Gasteiger partial charge >= 0.3 is 42.2 Å². The van der Waals surface area contributed by atoms with Gasteiger partial charge in [0.15, 0.2) is 0 Å². The molecule has 3 heteroatoms. The van der Waals surface area contributed by atoms with E-state index in [4.69, 9.17) is 10.2 Å². The van der Waals surface area contributed by atoms with Crippen molar-refractivity contribution in [3.63, 3.8) is 0 Å². The van der Waals surface area contributed by atoms with E-state index in [2.05, 4.69) is 0 Å². The fourth-order valence-corrected chi connectivity index (χ4v) is 0. The van der Waals surface area contributed by atoms with E-state index in [0.717, 1.165) is 0 Å². The normalized spacial score (nSPS) is 15.2. The summed E-state index contributed by atoms with van der Waals surface area (Å²) in [7, 11) is 0. The van der Waals surface area contributed by atoms with Crippen LogP contribution in [0.5, 0.6) is 0 Å². The molecular weight excluding hydrogens is 253 g/mol. The first-order valence-electron chi connectivity index (χ1n) is 1.16. The van der Waals surface area contributed by atoms with E-state index < -0.39 is 4.32 Å². The second-order valence-electron chi connectivity index (χ2n) is 0.566. The monoisotopic (exact) mass is 258 g/mol. The summed E-state index contributed by atoms with van der Waals surface area (Å²) in [4.78, 5) is 0. The van der Waals surface area contributed by atoms with Crippen molar-refractivity contribution < 1.29 is 31.3 Å². The van der Waals surface area contributed by atoms with Crippen molar-refractivity contribution in [2.24, 2.45) is 0 Å². The van der Waals surface area contributed by atoms with Crippen LogP contribution < -0.4 is 0 Å². The first-order valence-corrected chi connectivity index (χ1v) is 2.41. The Morgan fingerprint density at radius 2 is 2.00 bits per heavy atom. The number of hydrogen-bond donors (Lipinski definition) is 2. The quantitative estimate of drug-likeness (QED) is 0.583. The maximum atomic E-state index is 8.09. The molecule has 0 radical (unpaired) electrons. The van der Waals surface area contributed by atoms with Gasteiger partial charge in [0.25, 0.3) is 0 Å². The van der Waals surface area contributed by atoms with Gasteiger partial charge < -0.3 is 0 Å². The van der Waals surface area contributed by atoms with Gasteiger partial charge in [-0.2, -0.15) is 0 Å². The summed E-state index contributed by atoms with van der Waals surface area (Å²) >= 11 is 1.87. The predicted molar refractivity (Wildman–Crippen MR) is 13.1 cm³/mol. The van der Waals surface area contributed by atoms with Crippen LogP contribution in [0, 0.1) is 0 Å². The van der Waals surface area contributed by atoms with Crippen molar-refractivity contribution in [2.75, 3.05) is 6.61 Å². The fourth-order valence-electron chi connectivity index (χ4n) is 0. The maximum absolute atomic E-state index is 8.09. The summed E-state index contributed by atoms with van der Waals surface area (Å²) in [6.07, 6.45) is 0. The van der Waals surface area contributed by atoms with Crippen LogP contribution in [-0.4, -0.2) is 21.1 Å². The van der Waals surface area contributed by atoms with Crippen LogP contribution in [0.3, 0.4) is 0 Å². The van der Waals surface area contributed by atoms with Crippen molar-refractivity contribution in [1.82, 2.24) is 0 Å². The van der Waals surface area contributed by atoms with E-state index in [-0.39, 0.29) is 6.61 Å². The van der Waals surface area contributed by atoms with Crippen LogP contribution in [0.2, 0.25) is 0 Å². The number of rotatable bonds is 1. The standard InChI is InChI=1S/C2H5O2.Au/c3-1-2-4;/h1,3-4H,2H2;. The first-order chi connectivity index (χ1) is 2.27. The van der Waals surface area contributed by atoms with Crippen molar-refractivity contribution in [3.05, 3.63) is 0 Å². The van der Waals surface area contributed by atoms with E-state index in [9.17, 15) is 0 Å². The molecule has 0 aliphatic carbocycles. The minimum atomic E-state index is -0.616. The molecule has 2 nitrogen and oxygen atoms in total. The molecule has 5 heavy (non-hydrogen) atoms.